The quantitative estimate of drug-likeness (QED) is 0.771. The van der Waals surface area contributed by atoms with Gasteiger partial charge < -0.3 is 5.73 Å². The van der Waals surface area contributed by atoms with Gasteiger partial charge in [0.15, 0.2) is 0 Å². The van der Waals surface area contributed by atoms with Gasteiger partial charge in [0.1, 0.15) is 16.5 Å². The number of benzene rings is 1. The topological polar surface area (TPSA) is 60.4 Å². The molecule has 1 aromatic carbocycles. The van der Waals surface area contributed by atoms with Crippen LogP contribution in [0, 0.1) is 0 Å². The number of primary amides is 1. The van der Waals surface area contributed by atoms with Crippen molar-refractivity contribution in [2.24, 2.45) is 5.73 Å². The highest BCUT2D eigenvalue weighted by Crippen LogP contribution is 2.36. The molecule has 0 saturated heterocycles. The van der Waals surface area contributed by atoms with Gasteiger partial charge in [0, 0.05) is 17.3 Å². The molecular weight excluding hydrogens is 310 g/mol. The number of carbonyl (C=O) groups is 1. The van der Waals surface area contributed by atoms with Crippen molar-refractivity contribution < 1.29 is 4.79 Å². The minimum absolute atomic E-state index is 0.0336. The fourth-order valence-electron chi connectivity index (χ4n) is 2.68. The standard InChI is InChI=1S/C18H18ClN3O/c1-18(2,3)13-7-5-4-6-12(13)15-16(19)22-9-8-11(17(20)23)10-14(22)21-15/h4-10H,1-3H3,(H2,20,23). The number of aromatic nitrogens is 2. The number of nitrogens with two attached hydrogens (primary N) is 1. The van der Waals surface area contributed by atoms with Crippen molar-refractivity contribution in [2.45, 2.75) is 26.2 Å². The largest absolute Gasteiger partial charge is 0.366 e. The zero-order valence-electron chi connectivity index (χ0n) is 13.3. The van der Waals surface area contributed by atoms with Crippen LogP contribution < -0.4 is 5.73 Å². The molecule has 0 aliphatic heterocycles. The maximum Gasteiger partial charge on any atom is 0.248 e. The van der Waals surface area contributed by atoms with Crippen molar-refractivity contribution >= 4 is 23.2 Å². The summed E-state index contributed by atoms with van der Waals surface area (Å²) in [6.07, 6.45) is 1.72. The van der Waals surface area contributed by atoms with E-state index in [2.05, 4.69) is 31.8 Å². The van der Waals surface area contributed by atoms with E-state index in [0.717, 1.165) is 5.56 Å². The van der Waals surface area contributed by atoms with Gasteiger partial charge in [-0.2, -0.15) is 0 Å². The molecule has 2 N–H and O–H groups in total. The smallest absolute Gasteiger partial charge is 0.248 e. The molecule has 0 unspecified atom stereocenters. The van der Waals surface area contributed by atoms with Gasteiger partial charge in [-0.3, -0.25) is 9.20 Å². The number of imidazole rings is 1. The number of carbonyl (C=O) groups excluding carboxylic acids is 1. The van der Waals surface area contributed by atoms with E-state index in [9.17, 15) is 4.79 Å². The predicted octanol–water partition coefficient (Wildman–Crippen LogP) is 4.05. The molecule has 118 valence electrons. The van der Waals surface area contributed by atoms with Crippen molar-refractivity contribution in [3.05, 3.63) is 58.9 Å². The molecule has 0 spiro atoms. The molecule has 0 fully saturated rings. The molecule has 4 nitrogen and oxygen atoms in total. The van der Waals surface area contributed by atoms with Crippen molar-refractivity contribution in [1.82, 2.24) is 9.38 Å². The van der Waals surface area contributed by atoms with Crippen LogP contribution in [0.15, 0.2) is 42.6 Å². The molecule has 3 rings (SSSR count). The van der Waals surface area contributed by atoms with Gasteiger partial charge >= 0.3 is 0 Å². The lowest BCUT2D eigenvalue weighted by Gasteiger charge is -2.22. The highest BCUT2D eigenvalue weighted by atomic mass is 35.5. The number of halogens is 1. The molecule has 1 amide bonds. The van der Waals surface area contributed by atoms with Crippen LogP contribution in [0.2, 0.25) is 5.15 Å². The van der Waals surface area contributed by atoms with Crippen molar-refractivity contribution in [2.75, 3.05) is 0 Å². The molecular formula is C18H18ClN3O. The SMILES string of the molecule is CC(C)(C)c1ccccc1-c1nc2cc(C(N)=O)ccn2c1Cl. The summed E-state index contributed by atoms with van der Waals surface area (Å²) >= 11 is 6.53. The third-order valence-corrected chi connectivity index (χ3v) is 4.20. The molecule has 0 aliphatic carbocycles. The molecule has 0 radical (unpaired) electrons. The average Bonchev–Trinajstić information content (AvgIpc) is 2.83. The Bertz CT molecular complexity index is 906. The van der Waals surface area contributed by atoms with E-state index in [1.807, 2.05) is 18.2 Å². The molecule has 0 saturated carbocycles. The van der Waals surface area contributed by atoms with E-state index in [1.54, 1.807) is 22.7 Å². The number of nitrogens with zero attached hydrogens (tertiary/aromatic N) is 2. The minimum atomic E-state index is -0.483. The highest BCUT2D eigenvalue weighted by Gasteiger charge is 2.22. The zero-order valence-corrected chi connectivity index (χ0v) is 14.1. The van der Waals surface area contributed by atoms with Crippen molar-refractivity contribution in [1.29, 1.82) is 0 Å². The predicted molar refractivity (Wildman–Crippen MR) is 92.9 cm³/mol. The van der Waals surface area contributed by atoms with Crippen LogP contribution in [0.25, 0.3) is 16.9 Å². The number of hydrogen-bond acceptors (Lipinski definition) is 2. The van der Waals surface area contributed by atoms with Crippen LogP contribution in [0.4, 0.5) is 0 Å². The van der Waals surface area contributed by atoms with E-state index in [1.165, 1.54) is 5.56 Å². The van der Waals surface area contributed by atoms with Crippen LogP contribution in [-0.4, -0.2) is 15.3 Å². The van der Waals surface area contributed by atoms with Gasteiger partial charge in [0.2, 0.25) is 5.91 Å². The first kappa shape index (κ1) is 15.6. The summed E-state index contributed by atoms with van der Waals surface area (Å²) in [4.78, 5) is 16.0. The van der Waals surface area contributed by atoms with Gasteiger partial charge in [0.05, 0.1) is 0 Å². The van der Waals surface area contributed by atoms with Crippen LogP contribution in [0.1, 0.15) is 36.7 Å². The zero-order chi connectivity index (χ0) is 16.8. The van der Waals surface area contributed by atoms with Gasteiger partial charge in [-0.05, 0) is 23.1 Å². The van der Waals surface area contributed by atoms with E-state index in [-0.39, 0.29) is 5.41 Å². The van der Waals surface area contributed by atoms with Crippen LogP contribution in [-0.2, 0) is 5.41 Å². The Morgan fingerprint density at radius 2 is 1.91 bits per heavy atom. The summed E-state index contributed by atoms with van der Waals surface area (Å²) in [7, 11) is 0. The van der Waals surface area contributed by atoms with Gasteiger partial charge in [-0.15, -0.1) is 0 Å². The second kappa shape index (κ2) is 5.39. The maximum absolute atomic E-state index is 11.3. The Morgan fingerprint density at radius 1 is 1.22 bits per heavy atom. The Hall–Kier alpha value is -2.33. The van der Waals surface area contributed by atoms with E-state index in [0.29, 0.717) is 22.1 Å². The number of pyridine rings is 1. The second-order valence-electron chi connectivity index (χ2n) is 6.55. The summed E-state index contributed by atoms with van der Waals surface area (Å²) in [6.45, 7) is 6.46. The van der Waals surface area contributed by atoms with Crippen molar-refractivity contribution in [3.8, 4) is 11.3 Å². The molecule has 0 aliphatic rings. The molecule has 2 aromatic heterocycles. The molecule has 0 bridgehead atoms. The van der Waals surface area contributed by atoms with Gasteiger partial charge in [-0.25, -0.2) is 4.98 Å². The molecule has 0 atom stereocenters. The molecule has 2 heterocycles. The summed E-state index contributed by atoms with van der Waals surface area (Å²) < 4.78 is 1.75. The first-order valence-electron chi connectivity index (χ1n) is 7.36. The van der Waals surface area contributed by atoms with Gasteiger partial charge in [-0.1, -0.05) is 56.6 Å². The fraction of sp³-hybridized carbons (Fsp3) is 0.222. The summed E-state index contributed by atoms with van der Waals surface area (Å²) in [5.41, 5.74) is 9.18. The first-order valence-corrected chi connectivity index (χ1v) is 7.74. The lowest BCUT2D eigenvalue weighted by Crippen LogP contribution is -2.12. The van der Waals surface area contributed by atoms with Crippen LogP contribution >= 0.6 is 11.6 Å². The summed E-state index contributed by atoms with van der Waals surface area (Å²) in [5, 5.41) is 0.521. The number of hydrogen-bond donors (Lipinski definition) is 1. The number of rotatable bonds is 2. The Labute approximate surface area is 139 Å². The highest BCUT2D eigenvalue weighted by molar-refractivity contribution is 6.32. The monoisotopic (exact) mass is 327 g/mol. The normalized spacial score (nSPS) is 11.8. The Morgan fingerprint density at radius 3 is 2.57 bits per heavy atom. The summed E-state index contributed by atoms with van der Waals surface area (Å²) in [5.74, 6) is -0.483. The minimum Gasteiger partial charge on any atom is -0.366 e. The Balaban J connectivity index is 2.26. The van der Waals surface area contributed by atoms with Crippen LogP contribution in [0.3, 0.4) is 0 Å². The third-order valence-electron chi connectivity index (χ3n) is 3.84. The molecule has 23 heavy (non-hydrogen) atoms. The maximum atomic E-state index is 11.3. The number of fused-ring (bicyclic) bond motifs is 1. The van der Waals surface area contributed by atoms with E-state index < -0.39 is 5.91 Å². The van der Waals surface area contributed by atoms with E-state index in [4.69, 9.17) is 17.3 Å². The fourth-order valence-corrected chi connectivity index (χ4v) is 2.97. The molecule has 5 heteroatoms. The lowest BCUT2D eigenvalue weighted by molar-refractivity contribution is 0.100. The average molecular weight is 328 g/mol. The van der Waals surface area contributed by atoms with E-state index >= 15 is 0 Å². The van der Waals surface area contributed by atoms with Gasteiger partial charge in [0.25, 0.3) is 0 Å². The first-order chi connectivity index (χ1) is 10.8. The summed E-state index contributed by atoms with van der Waals surface area (Å²) in [6, 6.07) is 11.4. The third kappa shape index (κ3) is 2.70. The second-order valence-corrected chi connectivity index (χ2v) is 6.91. The van der Waals surface area contributed by atoms with Crippen molar-refractivity contribution in [3.63, 3.8) is 0 Å². The Kier molecular flexibility index (Phi) is 3.65. The lowest BCUT2D eigenvalue weighted by atomic mass is 9.83. The molecule has 3 aromatic rings. The number of amides is 1. The van der Waals surface area contributed by atoms with Crippen LogP contribution in [0.5, 0.6) is 0 Å².